The highest BCUT2D eigenvalue weighted by Crippen LogP contribution is 2.28. The van der Waals surface area contributed by atoms with Crippen LogP contribution in [0, 0.1) is 6.92 Å². The van der Waals surface area contributed by atoms with Crippen LogP contribution in [0.1, 0.15) is 18.1 Å². The Balaban J connectivity index is 2.15. The van der Waals surface area contributed by atoms with E-state index in [2.05, 4.69) is 26.6 Å². The Morgan fingerprint density at radius 1 is 1.29 bits per heavy atom. The molecule has 5 heteroatoms. The predicted octanol–water partition coefficient (Wildman–Crippen LogP) is 4.03. The Morgan fingerprint density at radius 3 is 2.76 bits per heavy atom. The van der Waals surface area contributed by atoms with Crippen LogP contribution >= 0.6 is 15.9 Å². The Morgan fingerprint density at radius 2 is 2.05 bits per heavy atom. The zero-order valence-corrected chi connectivity index (χ0v) is 13.5. The van der Waals surface area contributed by atoms with Crippen LogP contribution in [0.5, 0.6) is 5.75 Å². The third-order valence-corrected chi connectivity index (χ3v) is 3.74. The van der Waals surface area contributed by atoms with Crippen LogP contribution in [0.3, 0.4) is 0 Å². The fourth-order valence-corrected chi connectivity index (χ4v) is 2.39. The summed E-state index contributed by atoms with van der Waals surface area (Å²) in [6.07, 6.45) is 0. The summed E-state index contributed by atoms with van der Waals surface area (Å²) in [6.45, 7) is 3.96. The third kappa shape index (κ3) is 3.98. The van der Waals surface area contributed by atoms with Crippen molar-refractivity contribution in [2.24, 2.45) is 0 Å². The maximum absolute atomic E-state index is 11.1. The van der Waals surface area contributed by atoms with Gasteiger partial charge in [-0.05, 0) is 46.6 Å². The second kappa shape index (κ2) is 6.63. The van der Waals surface area contributed by atoms with Gasteiger partial charge >= 0.3 is 0 Å². The molecule has 0 saturated heterocycles. The molecule has 2 aromatic carbocycles. The number of rotatable bonds is 4. The lowest BCUT2D eigenvalue weighted by Gasteiger charge is -2.13. The highest BCUT2D eigenvalue weighted by molar-refractivity contribution is 9.10. The van der Waals surface area contributed by atoms with Crippen molar-refractivity contribution >= 4 is 33.2 Å². The maximum atomic E-state index is 11.1. The standard InChI is InChI=1S/C16H17BrN2O2/c1-10-6-7-13(19-11(2)20)8-15(10)18-9-12-4-3-5-14(17)16(12)21/h3-8,18,21H,9H2,1-2H3,(H,19,20). The summed E-state index contributed by atoms with van der Waals surface area (Å²) in [5.74, 6) is 0.134. The predicted molar refractivity (Wildman–Crippen MR) is 88.6 cm³/mol. The van der Waals surface area contributed by atoms with Crippen LogP contribution in [-0.2, 0) is 11.3 Å². The van der Waals surface area contributed by atoms with E-state index in [1.807, 2.05) is 37.3 Å². The molecule has 0 radical (unpaired) electrons. The second-order valence-electron chi connectivity index (χ2n) is 4.81. The number of nitrogens with one attached hydrogen (secondary N) is 2. The van der Waals surface area contributed by atoms with Gasteiger partial charge in [0.1, 0.15) is 5.75 Å². The van der Waals surface area contributed by atoms with Gasteiger partial charge in [0.2, 0.25) is 5.91 Å². The summed E-state index contributed by atoms with van der Waals surface area (Å²) in [5, 5.41) is 16.0. The Labute approximate surface area is 132 Å². The average molecular weight is 349 g/mol. The number of carbonyl (C=O) groups is 1. The molecule has 0 unspecified atom stereocenters. The monoisotopic (exact) mass is 348 g/mol. The molecule has 21 heavy (non-hydrogen) atoms. The molecule has 4 nitrogen and oxygen atoms in total. The Hall–Kier alpha value is -2.01. The van der Waals surface area contributed by atoms with Gasteiger partial charge in [-0.25, -0.2) is 0 Å². The van der Waals surface area contributed by atoms with Gasteiger partial charge in [-0.3, -0.25) is 4.79 Å². The van der Waals surface area contributed by atoms with Crippen molar-refractivity contribution in [1.82, 2.24) is 0 Å². The molecule has 3 N–H and O–H groups in total. The molecule has 0 saturated carbocycles. The molecule has 0 aliphatic carbocycles. The molecule has 0 spiro atoms. The number of phenols is 1. The average Bonchev–Trinajstić information content (AvgIpc) is 2.43. The van der Waals surface area contributed by atoms with E-state index in [-0.39, 0.29) is 11.7 Å². The summed E-state index contributed by atoms with van der Waals surface area (Å²) < 4.78 is 0.672. The van der Waals surface area contributed by atoms with E-state index in [4.69, 9.17) is 0 Å². The summed E-state index contributed by atoms with van der Waals surface area (Å²) in [7, 11) is 0. The molecule has 0 heterocycles. The van der Waals surface area contributed by atoms with Crippen molar-refractivity contribution in [2.45, 2.75) is 20.4 Å². The Bertz CT molecular complexity index is 671. The highest BCUT2D eigenvalue weighted by Gasteiger charge is 2.06. The fourth-order valence-electron chi connectivity index (χ4n) is 1.99. The van der Waals surface area contributed by atoms with Crippen LogP contribution in [0.15, 0.2) is 40.9 Å². The lowest BCUT2D eigenvalue weighted by atomic mass is 10.1. The minimum atomic E-state index is -0.102. The smallest absolute Gasteiger partial charge is 0.221 e. The number of para-hydroxylation sites is 1. The molecule has 0 atom stereocenters. The summed E-state index contributed by atoms with van der Waals surface area (Å²) in [4.78, 5) is 11.1. The number of aryl methyl sites for hydroxylation is 1. The van der Waals surface area contributed by atoms with Gasteiger partial charge in [-0.1, -0.05) is 18.2 Å². The van der Waals surface area contributed by atoms with Crippen molar-refractivity contribution in [3.05, 3.63) is 52.0 Å². The van der Waals surface area contributed by atoms with Crippen LogP contribution in [0.2, 0.25) is 0 Å². The molecular formula is C16H17BrN2O2. The van der Waals surface area contributed by atoms with E-state index in [1.165, 1.54) is 6.92 Å². The maximum Gasteiger partial charge on any atom is 0.221 e. The van der Waals surface area contributed by atoms with E-state index in [0.717, 1.165) is 22.5 Å². The van der Waals surface area contributed by atoms with Gasteiger partial charge in [0.15, 0.2) is 0 Å². The molecular weight excluding hydrogens is 332 g/mol. The minimum Gasteiger partial charge on any atom is -0.506 e. The summed E-state index contributed by atoms with van der Waals surface area (Å²) >= 11 is 3.30. The first-order valence-electron chi connectivity index (χ1n) is 6.56. The van der Waals surface area contributed by atoms with Crippen molar-refractivity contribution in [3.63, 3.8) is 0 Å². The zero-order valence-electron chi connectivity index (χ0n) is 11.9. The number of benzene rings is 2. The van der Waals surface area contributed by atoms with E-state index in [9.17, 15) is 9.90 Å². The first-order valence-corrected chi connectivity index (χ1v) is 7.35. The molecule has 0 fully saturated rings. The van der Waals surface area contributed by atoms with Crippen LogP contribution in [-0.4, -0.2) is 11.0 Å². The molecule has 110 valence electrons. The number of hydrogen-bond acceptors (Lipinski definition) is 3. The van der Waals surface area contributed by atoms with Crippen molar-refractivity contribution in [3.8, 4) is 5.75 Å². The largest absolute Gasteiger partial charge is 0.506 e. The number of amides is 1. The van der Waals surface area contributed by atoms with E-state index >= 15 is 0 Å². The van der Waals surface area contributed by atoms with Gasteiger partial charge in [0, 0.05) is 30.4 Å². The lowest BCUT2D eigenvalue weighted by molar-refractivity contribution is -0.114. The molecule has 0 aliphatic heterocycles. The summed E-state index contributed by atoms with van der Waals surface area (Å²) in [6, 6.07) is 11.2. The molecule has 1 amide bonds. The first-order chi connectivity index (χ1) is 9.97. The molecule has 0 bridgehead atoms. The van der Waals surface area contributed by atoms with Gasteiger partial charge in [0.25, 0.3) is 0 Å². The number of anilines is 2. The van der Waals surface area contributed by atoms with Crippen LogP contribution in [0.25, 0.3) is 0 Å². The molecule has 2 rings (SSSR count). The minimum absolute atomic E-state index is 0.102. The third-order valence-electron chi connectivity index (χ3n) is 3.10. The molecule has 2 aromatic rings. The number of halogens is 1. The van der Waals surface area contributed by atoms with Crippen molar-refractivity contribution < 1.29 is 9.90 Å². The van der Waals surface area contributed by atoms with E-state index < -0.39 is 0 Å². The van der Waals surface area contributed by atoms with E-state index in [0.29, 0.717) is 11.0 Å². The van der Waals surface area contributed by atoms with E-state index in [1.54, 1.807) is 6.07 Å². The molecule has 0 aliphatic rings. The number of phenolic OH excluding ortho intramolecular Hbond substituents is 1. The quantitative estimate of drug-likeness (QED) is 0.781. The lowest BCUT2D eigenvalue weighted by Crippen LogP contribution is -2.07. The topological polar surface area (TPSA) is 61.4 Å². The molecule has 0 aromatic heterocycles. The number of carbonyl (C=O) groups excluding carboxylic acids is 1. The van der Waals surface area contributed by atoms with Crippen LogP contribution < -0.4 is 10.6 Å². The van der Waals surface area contributed by atoms with Crippen LogP contribution in [0.4, 0.5) is 11.4 Å². The van der Waals surface area contributed by atoms with Crippen molar-refractivity contribution in [2.75, 3.05) is 10.6 Å². The zero-order chi connectivity index (χ0) is 15.4. The summed E-state index contributed by atoms with van der Waals surface area (Å²) in [5.41, 5.74) is 3.53. The van der Waals surface area contributed by atoms with Gasteiger partial charge < -0.3 is 15.7 Å². The van der Waals surface area contributed by atoms with Gasteiger partial charge in [0.05, 0.1) is 4.47 Å². The number of hydrogen-bond donors (Lipinski definition) is 3. The first kappa shape index (κ1) is 15.4. The Kier molecular flexibility index (Phi) is 4.85. The highest BCUT2D eigenvalue weighted by atomic mass is 79.9. The fraction of sp³-hybridized carbons (Fsp3) is 0.188. The van der Waals surface area contributed by atoms with Gasteiger partial charge in [-0.15, -0.1) is 0 Å². The van der Waals surface area contributed by atoms with Gasteiger partial charge in [-0.2, -0.15) is 0 Å². The normalized spacial score (nSPS) is 10.2. The second-order valence-corrected chi connectivity index (χ2v) is 5.67. The van der Waals surface area contributed by atoms with Crippen molar-refractivity contribution in [1.29, 1.82) is 0 Å². The SMILES string of the molecule is CC(=O)Nc1ccc(C)c(NCc2cccc(Br)c2O)c1. The number of aromatic hydroxyl groups is 1.